The Morgan fingerprint density at radius 3 is 2.53 bits per heavy atom. The topological polar surface area (TPSA) is 60.9 Å². The molecular formula is C15H21N3O. The first-order valence-corrected chi connectivity index (χ1v) is 6.63. The van der Waals surface area contributed by atoms with Gasteiger partial charge in [0.05, 0.1) is 18.7 Å². The Labute approximate surface area is 113 Å². The summed E-state index contributed by atoms with van der Waals surface area (Å²) in [6, 6.07) is 9.99. The van der Waals surface area contributed by atoms with Crippen LogP contribution in [0, 0.1) is 5.92 Å². The summed E-state index contributed by atoms with van der Waals surface area (Å²) >= 11 is 0. The first-order chi connectivity index (χ1) is 9.22. The molecule has 1 aromatic carbocycles. The highest BCUT2D eigenvalue weighted by atomic mass is 16.3. The van der Waals surface area contributed by atoms with E-state index in [1.165, 1.54) is 0 Å². The second-order valence-electron chi connectivity index (χ2n) is 5.01. The molecule has 0 saturated carbocycles. The van der Waals surface area contributed by atoms with Gasteiger partial charge in [0.25, 0.3) is 0 Å². The summed E-state index contributed by atoms with van der Waals surface area (Å²) in [6.45, 7) is 4.34. The highest BCUT2D eigenvalue weighted by Gasteiger charge is 2.22. The van der Waals surface area contributed by atoms with Gasteiger partial charge in [0, 0.05) is 12.4 Å². The van der Waals surface area contributed by atoms with Crippen molar-refractivity contribution in [3.8, 4) is 0 Å². The molecule has 0 aliphatic carbocycles. The maximum atomic E-state index is 9.61. The van der Waals surface area contributed by atoms with E-state index in [1.54, 1.807) is 6.20 Å². The van der Waals surface area contributed by atoms with Crippen LogP contribution in [0.25, 0.3) is 0 Å². The fourth-order valence-corrected chi connectivity index (χ4v) is 2.19. The zero-order chi connectivity index (χ0) is 13.7. The largest absolute Gasteiger partial charge is 0.394 e. The van der Waals surface area contributed by atoms with Gasteiger partial charge < -0.3 is 10.1 Å². The molecule has 19 heavy (non-hydrogen) atoms. The number of hydrogen-bond donors (Lipinski definition) is 3. The average molecular weight is 259 g/mol. The SMILES string of the molecule is CC(C)[C@@H](N[C@H](CO)c1ccccc1)c1ncc[nH]1. The molecule has 3 N–H and O–H groups in total. The number of hydrogen-bond acceptors (Lipinski definition) is 3. The van der Waals surface area contributed by atoms with Crippen molar-refractivity contribution in [1.29, 1.82) is 0 Å². The van der Waals surface area contributed by atoms with E-state index in [2.05, 4.69) is 29.1 Å². The molecule has 2 atom stereocenters. The van der Waals surface area contributed by atoms with Crippen molar-refractivity contribution in [2.75, 3.05) is 6.61 Å². The van der Waals surface area contributed by atoms with E-state index < -0.39 is 0 Å². The quantitative estimate of drug-likeness (QED) is 0.746. The molecule has 2 rings (SSSR count). The minimum atomic E-state index is -0.0845. The van der Waals surface area contributed by atoms with Gasteiger partial charge in [0.2, 0.25) is 0 Å². The fraction of sp³-hybridized carbons (Fsp3) is 0.400. The first kappa shape index (κ1) is 13.8. The Hall–Kier alpha value is -1.65. The summed E-state index contributed by atoms with van der Waals surface area (Å²) in [5.74, 6) is 1.29. The molecule has 4 heteroatoms. The lowest BCUT2D eigenvalue weighted by Gasteiger charge is -2.26. The molecule has 0 radical (unpaired) electrons. The van der Waals surface area contributed by atoms with Crippen LogP contribution in [-0.2, 0) is 0 Å². The molecule has 0 fully saturated rings. The van der Waals surface area contributed by atoms with Gasteiger partial charge in [0.15, 0.2) is 0 Å². The Morgan fingerprint density at radius 2 is 2.00 bits per heavy atom. The van der Waals surface area contributed by atoms with Crippen LogP contribution < -0.4 is 5.32 Å². The van der Waals surface area contributed by atoms with Gasteiger partial charge in [-0.3, -0.25) is 5.32 Å². The molecule has 102 valence electrons. The summed E-state index contributed by atoms with van der Waals surface area (Å²) in [6.07, 6.45) is 3.58. The number of aromatic nitrogens is 2. The van der Waals surface area contributed by atoms with E-state index in [0.717, 1.165) is 11.4 Å². The predicted molar refractivity (Wildman–Crippen MR) is 75.6 cm³/mol. The fourth-order valence-electron chi connectivity index (χ4n) is 2.19. The van der Waals surface area contributed by atoms with Crippen LogP contribution >= 0.6 is 0 Å². The normalized spacial score (nSPS) is 14.5. The van der Waals surface area contributed by atoms with E-state index in [9.17, 15) is 5.11 Å². The zero-order valence-corrected chi connectivity index (χ0v) is 11.4. The van der Waals surface area contributed by atoms with Crippen molar-refractivity contribution in [3.05, 3.63) is 54.1 Å². The number of aliphatic hydroxyl groups excluding tert-OH is 1. The standard InChI is InChI=1S/C15H21N3O/c1-11(2)14(15-16-8-9-17-15)18-13(10-19)12-6-4-3-5-7-12/h3-9,11,13-14,18-19H,10H2,1-2H3,(H,16,17)/t13-,14-/m1/s1. The number of aliphatic hydroxyl groups is 1. The molecule has 0 aliphatic rings. The lowest BCUT2D eigenvalue weighted by Crippen LogP contribution is -2.32. The third kappa shape index (κ3) is 3.43. The number of nitrogens with zero attached hydrogens (tertiary/aromatic N) is 1. The van der Waals surface area contributed by atoms with Crippen LogP contribution in [-0.4, -0.2) is 21.7 Å². The van der Waals surface area contributed by atoms with E-state index in [0.29, 0.717) is 5.92 Å². The second kappa shape index (κ2) is 6.50. The van der Waals surface area contributed by atoms with Gasteiger partial charge in [-0.2, -0.15) is 0 Å². The zero-order valence-electron chi connectivity index (χ0n) is 11.4. The molecule has 0 aliphatic heterocycles. The Morgan fingerprint density at radius 1 is 1.26 bits per heavy atom. The lowest BCUT2D eigenvalue weighted by atomic mass is 10.00. The van der Waals surface area contributed by atoms with Gasteiger partial charge in [-0.05, 0) is 11.5 Å². The third-order valence-corrected chi connectivity index (χ3v) is 3.25. The van der Waals surface area contributed by atoms with Crippen molar-refractivity contribution in [3.63, 3.8) is 0 Å². The van der Waals surface area contributed by atoms with Crippen LogP contribution in [0.5, 0.6) is 0 Å². The highest BCUT2D eigenvalue weighted by molar-refractivity contribution is 5.19. The van der Waals surface area contributed by atoms with Crippen molar-refractivity contribution >= 4 is 0 Å². The number of benzene rings is 1. The number of rotatable bonds is 6. The van der Waals surface area contributed by atoms with Crippen molar-refractivity contribution in [1.82, 2.24) is 15.3 Å². The Bertz CT molecular complexity index is 467. The number of nitrogens with one attached hydrogen (secondary N) is 2. The summed E-state index contributed by atoms with van der Waals surface area (Å²) in [5, 5.41) is 13.1. The third-order valence-electron chi connectivity index (χ3n) is 3.25. The summed E-state index contributed by atoms with van der Waals surface area (Å²) < 4.78 is 0. The maximum Gasteiger partial charge on any atom is 0.123 e. The molecule has 4 nitrogen and oxygen atoms in total. The van der Waals surface area contributed by atoms with Crippen LogP contribution in [0.4, 0.5) is 0 Å². The molecule has 0 amide bonds. The molecule has 0 unspecified atom stereocenters. The monoisotopic (exact) mass is 259 g/mol. The van der Waals surface area contributed by atoms with Crippen molar-refractivity contribution in [2.24, 2.45) is 5.92 Å². The van der Waals surface area contributed by atoms with Crippen LogP contribution in [0.3, 0.4) is 0 Å². The van der Waals surface area contributed by atoms with E-state index in [4.69, 9.17) is 0 Å². The van der Waals surface area contributed by atoms with E-state index >= 15 is 0 Å². The van der Waals surface area contributed by atoms with Gasteiger partial charge in [0.1, 0.15) is 5.82 Å². The number of aromatic amines is 1. The molecule has 0 saturated heterocycles. The van der Waals surface area contributed by atoms with Gasteiger partial charge >= 0.3 is 0 Å². The van der Waals surface area contributed by atoms with Gasteiger partial charge in [-0.25, -0.2) is 4.98 Å². The smallest absolute Gasteiger partial charge is 0.123 e. The molecule has 1 aromatic heterocycles. The van der Waals surface area contributed by atoms with Gasteiger partial charge in [-0.15, -0.1) is 0 Å². The van der Waals surface area contributed by atoms with Crippen LogP contribution in [0.2, 0.25) is 0 Å². The molecule has 0 bridgehead atoms. The molecular weight excluding hydrogens is 238 g/mol. The summed E-state index contributed by atoms with van der Waals surface area (Å²) in [4.78, 5) is 7.46. The Balaban J connectivity index is 2.16. The Kier molecular flexibility index (Phi) is 4.71. The maximum absolute atomic E-state index is 9.61. The molecule has 1 heterocycles. The first-order valence-electron chi connectivity index (χ1n) is 6.63. The minimum absolute atomic E-state index is 0.0634. The predicted octanol–water partition coefficient (Wildman–Crippen LogP) is 2.43. The highest BCUT2D eigenvalue weighted by Crippen LogP contribution is 2.23. The average Bonchev–Trinajstić information content (AvgIpc) is 2.94. The van der Waals surface area contributed by atoms with Gasteiger partial charge in [-0.1, -0.05) is 44.2 Å². The summed E-state index contributed by atoms with van der Waals surface area (Å²) in [7, 11) is 0. The van der Waals surface area contributed by atoms with E-state index in [-0.39, 0.29) is 18.7 Å². The van der Waals surface area contributed by atoms with Crippen LogP contribution in [0.15, 0.2) is 42.7 Å². The van der Waals surface area contributed by atoms with E-state index in [1.807, 2.05) is 36.5 Å². The van der Waals surface area contributed by atoms with Crippen molar-refractivity contribution in [2.45, 2.75) is 25.9 Å². The lowest BCUT2D eigenvalue weighted by molar-refractivity contribution is 0.219. The molecule has 2 aromatic rings. The minimum Gasteiger partial charge on any atom is -0.394 e. The van der Waals surface area contributed by atoms with Crippen LogP contribution in [0.1, 0.15) is 37.3 Å². The second-order valence-corrected chi connectivity index (χ2v) is 5.01. The number of H-pyrrole nitrogens is 1. The molecule has 0 spiro atoms. The van der Waals surface area contributed by atoms with Crippen molar-refractivity contribution < 1.29 is 5.11 Å². The number of imidazole rings is 1. The summed E-state index contributed by atoms with van der Waals surface area (Å²) in [5.41, 5.74) is 1.09.